The highest BCUT2D eigenvalue weighted by molar-refractivity contribution is 5.90. The zero-order valence-electron chi connectivity index (χ0n) is 11.2. The minimum Gasteiger partial charge on any atom is -0.469 e. The number of amides is 1. The molecule has 7 heteroatoms. The van der Waals surface area contributed by atoms with E-state index < -0.39 is 0 Å². The van der Waals surface area contributed by atoms with Crippen molar-refractivity contribution in [2.45, 2.75) is 26.2 Å². The molecule has 1 amide bonds. The summed E-state index contributed by atoms with van der Waals surface area (Å²) >= 11 is 0. The molecule has 0 aromatic carbocycles. The lowest BCUT2D eigenvalue weighted by Crippen LogP contribution is -2.43. The van der Waals surface area contributed by atoms with Crippen LogP contribution in [0.1, 0.15) is 36.2 Å². The number of H-pyrrole nitrogens is 1. The van der Waals surface area contributed by atoms with E-state index in [9.17, 15) is 9.59 Å². The molecule has 104 valence electrons. The molecule has 2 heterocycles. The van der Waals surface area contributed by atoms with Gasteiger partial charge in [0.1, 0.15) is 5.82 Å². The number of piperidine rings is 1. The van der Waals surface area contributed by atoms with Crippen molar-refractivity contribution in [2.75, 3.05) is 20.2 Å². The minimum atomic E-state index is -0.262. The molecule has 2 rings (SSSR count). The van der Waals surface area contributed by atoms with Crippen LogP contribution < -0.4 is 0 Å². The Morgan fingerprint density at radius 3 is 2.95 bits per heavy atom. The number of hydrogen-bond acceptors (Lipinski definition) is 5. The van der Waals surface area contributed by atoms with Gasteiger partial charge in [0.2, 0.25) is 5.82 Å². The Morgan fingerprint density at radius 2 is 2.32 bits per heavy atom. The summed E-state index contributed by atoms with van der Waals surface area (Å²) < 4.78 is 4.73. The number of ether oxygens (including phenoxy) is 1. The molecule has 1 aromatic rings. The summed E-state index contributed by atoms with van der Waals surface area (Å²) in [5.41, 5.74) is 0. The Kier molecular flexibility index (Phi) is 4.13. The van der Waals surface area contributed by atoms with E-state index in [2.05, 4.69) is 15.2 Å². The molecule has 1 fully saturated rings. The van der Waals surface area contributed by atoms with Crippen LogP contribution in [-0.2, 0) is 16.0 Å². The van der Waals surface area contributed by atoms with Crippen molar-refractivity contribution in [1.29, 1.82) is 0 Å². The Labute approximate surface area is 111 Å². The topological polar surface area (TPSA) is 88.2 Å². The van der Waals surface area contributed by atoms with Crippen LogP contribution in [0.15, 0.2) is 0 Å². The Bertz CT molecular complexity index is 471. The molecule has 19 heavy (non-hydrogen) atoms. The SMILES string of the molecule is CCc1nc(C(=O)N2CCCC(C(=O)OC)C2)n[nH]1. The fourth-order valence-electron chi connectivity index (χ4n) is 2.21. The number of carbonyl (C=O) groups is 2. The first-order valence-electron chi connectivity index (χ1n) is 6.44. The number of nitrogens with one attached hydrogen (secondary N) is 1. The van der Waals surface area contributed by atoms with E-state index in [1.54, 1.807) is 4.90 Å². The molecule has 1 N–H and O–H groups in total. The Hall–Kier alpha value is -1.92. The van der Waals surface area contributed by atoms with Crippen LogP contribution in [0.25, 0.3) is 0 Å². The lowest BCUT2D eigenvalue weighted by molar-refractivity contribution is -0.146. The standard InChI is InChI=1S/C12H18N4O3/c1-3-9-13-10(15-14-9)11(17)16-6-4-5-8(7-16)12(18)19-2/h8H,3-7H2,1-2H3,(H,13,14,15). The molecule has 1 aliphatic heterocycles. The average molecular weight is 266 g/mol. The first-order chi connectivity index (χ1) is 9.15. The fraction of sp³-hybridized carbons (Fsp3) is 0.667. The quantitative estimate of drug-likeness (QED) is 0.800. The molecular weight excluding hydrogens is 248 g/mol. The Balaban J connectivity index is 2.04. The average Bonchev–Trinajstić information content (AvgIpc) is 2.94. The zero-order chi connectivity index (χ0) is 13.8. The highest BCUT2D eigenvalue weighted by Gasteiger charge is 2.30. The summed E-state index contributed by atoms with van der Waals surface area (Å²) in [6.45, 7) is 2.94. The van der Waals surface area contributed by atoms with Gasteiger partial charge in [0.15, 0.2) is 0 Å². The molecule has 1 aromatic heterocycles. The van der Waals surface area contributed by atoms with E-state index in [0.717, 1.165) is 12.8 Å². The van der Waals surface area contributed by atoms with Gasteiger partial charge in [-0.05, 0) is 12.8 Å². The van der Waals surface area contributed by atoms with Crippen molar-refractivity contribution < 1.29 is 14.3 Å². The second kappa shape index (κ2) is 5.81. The van der Waals surface area contributed by atoms with Crippen LogP contribution in [0.2, 0.25) is 0 Å². The molecule has 0 aliphatic carbocycles. The van der Waals surface area contributed by atoms with E-state index in [-0.39, 0.29) is 23.6 Å². The lowest BCUT2D eigenvalue weighted by Gasteiger charge is -2.30. The van der Waals surface area contributed by atoms with Crippen molar-refractivity contribution in [3.8, 4) is 0 Å². The van der Waals surface area contributed by atoms with Gasteiger partial charge >= 0.3 is 5.97 Å². The van der Waals surface area contributed by atoms with Crippen LogP contribution >= 0.6 is 0 Å². The summed E-state index contributed by atoms with van der Waals surface area (Å²) in [6.07, 6.45) is 2.24. The second-order valence-electron chi connectivity index (χ2n) is 4.57. The van der Waals surface area contributed by atoms with Crippen molar-refractivity contribution >= 4 is 11.9 Å². The molecule has 7 nitrogen and oxygen atoms in total. The number of likely N-dealkylation sites (tertiary alicyclic amines) is 1. The summed E-state index contributed by atoms with van der Waals surface area (Å²) in [5.74, 6) is 0.116. The van der Waals surface area contributed by atoms with Crippen molar-refractivity contribution in [3.05, 3.63) is 11.6 Å². The number of aromatic amines is 1. The van der Waals surface area contributed by atoms with E-state index in [4.69, 9.17) is 4.74 Å². The van der Waals surface area contributed by atoms with Gasteiger partial charge in [-0.2, -0.15) is 0 Å². The monoisotopic (exact) mass is 266 g/mol. The maximum Gasteiger partial charge on any atom is 0.310 e. The summed E-state index contributed by atoms with van der Waals surface area (Å²) in [4.78, 5) is 29.5. The molecule has 0 bridgehead atoms. The number of methoxy groups -OCH3 is 1. The van der Waals surface area contributed by atoms with Gasteiger partial charge < -0.3 is 9.64 Å². The summed E-state index contributed by atoms with van der Waals surface area (Å²) in [6, 6.07) is 0. The third-order valence-corrected chi connectivity index (χ3v) is 3.30. The molecule has 0 radical (unpaired) electrons. The van der Waals surface area contributed by atoms with E-state index in [1.165, 1.54) is 7.11 Å². The molecule has 1 atom stereocenters. The van der Waals surface area contributed by atoms with E-state index in [0.29, 0.717) is 25.3 Å². The number of nitrogens with zero attached hydrogens (tertiary/aromatic N) is 3. The number of aryl methyl sites for hydroxylation is 1. The third-order valence-electron chi connectivity index (χ3n) is 3.30. The molecule has 0 saturated carbocycles. The highest BCUT2D eigenvalue weighted by atomic mass is 16.5. The summed E-state index contributed by atoms with van der Waals surface area (Å²) in [7, 11) is 1.37. The normalized spacial score (nSPS) is 19.3. The molecule has 0 spiro atoms. The van der Waals surface area contributed by atoms with E-state index >= 15 is 0 Å². The predicted octanol–water partition coefficient (Wildman–Crippen LogP) is 0.392. The maximum absolute atomic E-state index is 12.2. The van der Waals surface area contributed by atoms with E-state index in [1.807, 2.05) is 6.92 Å². The van der Waals surface area contributed by atoms with Gasteiger partial charge in [0.25, 0.3) is 5.91 Å². The van der Waals surface area contributed by atoms with Crippen LogP contribution in [0, 0.1) is 5.92 Å². The van der Waals surface area contributed by atoms with Crippen LogP contribution in [0.4, 0.5) is 0 Å². The van der Waals surface area contributed by atoms with Crippen LogP contribution in [0.5, 0.6) is 0 Å². The highest BCUT2D eigenvalue weighted by Crippen LogP contribution is 2.18. The molecular formula is C12H18N4O3. The molecule has 1 unspecified atom stereocenters. The number of hydrogen-bond donors (Lipinski definition) is 1. The largest absolute Gasteiger partial charge is 0.469 e. The fourth-order valence-corrected chi connectivity index (χ4v) is 2.21. The van der Waals surface area contributed by atoms with Crippen molar-refractivity contribution in [3.63, 3.8) is 0 Å². The number of aromatic nitrogens is 3. The zero-order valence-corrected chi connectivity index (χ0v) is 11.2. The first kappa shape index (κ1) is 13.5. The second-order valence-corrected chi connectivity index (χ2v) is 4.57. The van der Waals surface area contributed by atoms with Gasteiger partial charge in [0.05, 0.1) is 13.0 Å². The molecule has 1 saturated heterocycles. The summed E-state index contributed by atoms with van der Waals surface area (Å²) in [5, 5.41) is 6.63. The van der Waals surface area contributed by atoms with Gasteiger partial charge in [-0.25, -0.2) is 4.98 Å². The first-order valence-corrected chi connectivity index (χ1v) is 6.44. The maximum atomic E-state index is 12.2. The van der Waals surface area contributed by atoms with Gasteiger partial charge in [-0.3, -0.25) is 14.7 Å². The van der Waals surface area contributed by atoms with Gasteiger partial charge in [-0.15, -0.1) is 5.10 Å². The number of rotatable bonds is 3. The Morgan fingerprint density at radius 1 is 1.53 bits per heavy atom. The molecule has 1 aliphatic rings. The van der Waals surface area contributed by atoms with Crippen LogP contribution in [0.3, 0.4) is 0 Å². The van der Waals surface area contributed by atoms with Crippen molar-refractivity contribution in [1.82, 2.24) is 20.1 Å². The number of esters is 1. The van der Waals surface area contributed by atoms with Crippen LogP contribution in [-0.4, -0.2) is 52.2 Å². The third kappa shape index (κ3) is 2.91. The smallest absolute Gasteiger partial charge is 0.310 e. The predicted molar refractivity (Wildman–Crippen MR) is 66.4 cm³/mol. The van der Waals surface area contributed by atoms with Crippen molar-refractivity contribution in [2.24, 2.45) is 5.92 Å². The van der Waals surface area contributed by atoms with Gasteiger partial charge in [-0.1, -0.05) is 6.92 Å². The lowest BCUT2D eigenvalue weighted by atomic mass is 9.98. The number of carbonyl (C=O) groups excluding carboxylic acids is 2. The van der Waals surface area contributed by atoms with Gasteiger partial charge in [0, 0.05) is 19.5 Å². The minimum absolute atomic E-state index is 0.169.